The summed E-state index contributed by atoms with van der Waals surface area (Å²) in [5.74, 6) is -0.344. The maximum atomic E-state index is 13.4. The smallest absolute Gasteiger partial charge is 0.459 e. The normalized spacial score (nSPS) is 14.2. The molecule has 9 nitrogen and oxygen atoms in total. The average molecular weight is 437 g/mol. The van der Waals surface area contributed by atoms with Gasteiger partial charge in [-0.2, -0.15) is 5.09 Å². The van der Waals surface area contributed by atoms with Crippen molar-refractivity contribution in [2.75, 3.05) is 0 Å². The Morgan fingerprint density at radius 3 is 2.53 bits per heavy atom. The van der Waals surface area contributed by atoms with E-state index < -0.39 is 19.8 Å². The molecular formula is C20H28N3O6P. The molecule has 0 spiro atoms. The van der Waals surface area contributed by atoms with Crippen LogP contribution >= 0.6 is 7.75 Å². The van der Waals surface area contributed by atoms with Gasteiger partial charge >= 0.3 is 13.7 Å². The number of nitrogens with one attached hydrogen (secondary N) is 1. The standard InChI is InChI=1S/C20H28N3O6P/c1-13(2)28-20(25)15(4)23-30(26,29-17-8-6-5-7-9-17)27-12-16-11-22-14(3)19(24)18(16)10-21/h5-9,11,13,15,24H,10,12,21H2,1-4H3,(H,23,26)/t15-,30?/m0/s1. The van der Waals surface area contributed by atoms with Crippen molar-refractivity contribution in [2.24, 2.45) is 5.73 Å². The van der Waals surface area contributed by atoms with Gasteiger partial charge in [-0.3, -0.25) is 14.3 Å². The van der Waals surface area contributed by atoms with E-state index in [1.165, 1.54) is 13.1 Å². The molecule has 164 valence electrons. The van der Waals surface area contributed by atoms with Crippen LogP contribution in [0.2, 0.25) is 0 Å². The molecule has 0 amide bonds. The quantitative estimate of drug-likeness (QED) is 0.378. The first-order valence-corrected chi connectivity index (χ1v) is 11.0. The highest BCUT2D eigenvalue weighted by Gasteiger charge is 2.33. The van der Waals surface area contributed by atoms with Crippen LogP contribution in [-0.2, 0) is 31.8 Å². The molecular weight excluding hydrogens is 409 g/mol. The molecule has 0 saturated carbocycles. The monoisotopic (exact) mass is 437 g/mol. The predicted molar refractivity (Wildman–Crippen MR) is 112 cm³/mol. The molecule has 0 bridgehead atoms. The van der Waals surface area contributed by atoms with E-state index >= 15 is 0 Å². The third kappa shape index (κ3) is 6.53. The Morgan fingerprint density at radius 1 is 1.27 bits per heavy atom. The topological polar surface area (TPSA) is 133 Å². The van der Waals surface area contributed by atoms with E-state index in [2.05, 4.69) is 10.1 Å². The van der Waals surface area contributed by atoms with E-state index in [0.29, 0.717) is 22.6 Å². The summed E-state index contributed by atoms with van der Waals surface area (Å²) in [5.41, 5.74) is 7.04. The summed E-state index contributed by atoms with van der Waals surface area (Å²) in [5, 5.41) is 12.8. The zero-order chi connectivity index (χ0) is 22.3. The largest absolute Gasteiger partial charge is 0.506 e. The molecule has 4 N–H and O–H groups in total. The van der Waals surface area contributed by atoms with Gasteiger partial charge in [-0.1, -0.05) is 18.2 Å². The number of nitrogens with two attached hydrogens (primary N) is 1. The molecule has 1 aromatic carbocycles. The fourth-order valence-electron chi connectivity index (χ4n) is 2.53. The van der Waals surface area contributed by atoms with Crippen LogP contribution in [0.25, 0.3) is 0 Å². The highest BCUT2D eigenvalue weighted by Crippen LogP contribution is 2.46. The first-order valence-electron chi connectivity index (χ1n) is 9.49. The molecule has 1 aromatic heterocycles. The van der Waals surface area contributed by atoms with Crippen molar-refractivity contribution in [3.63, 3.8) is 0 Å². The number of nitrogens with zero attached hydrogens (tertiary/aromatic N) is 1. The number of aromatic hydroxyl groups is 1. The second-order valence-electron chi connectivity index (χ2n) is 6.91. The SMILES string of the molecule is Cc1ncc(COP(=O)(N[C@@H](C)C(=O)OC(C)C)Oc2ccccc2)c(CN)c1O. The molecule has 10 heteroatoms. The van der Waals surface area contributed by atoms with Crippen LogP contribution < -0.4 is 15.3 Å². The van der Waals surface area contributed by atoms with E-state index in [1.54, 1.807) is 51.1 Å². The maximum Gasteiger partial charge on any atom is 0.459 e. The number of esters is 1. The van der Waals surface area contributed by atoms with Crippen molar-refractivity contribution < 1.29 is 28.3 Å². The van der Waals surface area contributed by atoms with Gasteiger partial charge in [-0.05, 0) is 39.8 Å². The van der Waals surface area contributed by atoms with Gasteiger partial charge in [0.2, 0.25) is 0 Å². The molecule has 2 aromatic rings. The molecule has 0 radical (unpaired) electrons. The summed E-state index contributed by atoms with van der Waals surface area (Å²) < 4.78 is 29.7. The number of aryl methyl sites for hydroxylation is 1. The highest BCUT2D eigenvalue weighted by atomic mass is 31.2. The second kappa shape index (κ2) is 10.5. The molecule has 0 aliphatic carbocycles. The number of aromatic nitrogens is 1. The van der Waals surface area contributed by atoms with Crippen LogP contribution in [0.4, 0.5) is 0 Å². The number of rotatable bonds is 10. The summed E-state index contributed by atoms with van der Waals surface area (Å²) in [7, 11) is -4.02. The van der Waals surface area contributed by atoms with Crippen LogP contribution in [0.1, 0.15) is 37.6 Å². The predicted octanol–water partition coefficient (Wildman–Crippen LogP) is 3.19. The van der Waals surface area contributed by atoms with Gasteiger partial charge in [0.25, 0.3) is 0 Å². The summed E-state index contributed by atoms with van der Waals surface area (Å²) in [6.07, 6.45) is 1.16. The van der Waals surface area contributed by atoms with E-state index in [0.717, 1.165) is 0 Å². The van der Waals surface area contributed by atoms with E-state index in [1.807, 2.05) is 0 Å². The van der Waals surface area contributed by atoms with Gasteiger partial charge in [0, 0.05) is 23.9 Å². The Bertz CT molecular complexity index is 907. The molecule has 1 unspecified atom stereocenters. The zero-order valence-electron chi connectivity index (χ0n) is 17.5. The lowest BCUT2D eigenvalue weighted by Gasteiger charge is -2.23. The molecule has 0 fully saturated rings. The van der Waals surface area contributed by atoms with Gasteiger partial charge in [-0.15, -0.1) is 0 Å². The number of benzene rings is 1. The minimum absolute atomic E-state index is 0.0424. The van der Waals surface area contributed by atoms with Gasteiger partial charge in [0.15, 0.2) is 0 Å². The lowest BCUT2D eigenvalue weighted by molar-refractivity contribution is -0.149. The highest BCUT2D eigenvalue weighted by molar-refractivity contribution is 7.52. The first-order chi connectivity index (χ1) is 14.1. The summed E-state index contributed by atoms with van der Waals surface area (Å²) in [4.78, 5) is 16.2. The minimum Gasteiger partial charge on any atom is -0.506 e. The summed E-state index contributed by atoms with van der Waals surface area (Å²) in [6.45, 7) is 6.41. The number of hydrogen-bond donors (Lipinski definition) is 3. The van der Waals surface area contributed by atoms with E-state index in [4.69, 9.17) is 19.5 Å². The summed E-state index contributed by atoms with van der Waals surface area (Å²) in [6, 6.07) is 7.47. The lowest BCUT2D eigenvalue weighted by atomic mass is 10.1. The van der Waals surface area contributed by atoms with Crippen molar-refractivity contribution in [3.05, 3.63) is 53.3 Å². The van der Waals surface area contributed by atoms with Gasteiger partial charge in [-0.25, -0.2) is 4.57 Å². The van der Waals surface area contributed by atoms with Crippen LogP contribution in [-0.4, -0.2) is 28.2 Å². The number of ether oxygens (including phenoxy) is 1. The Balaban J connectivity index is 2.24. The summed E-state index contributed by atoms with van der Waals surface area (Å²) >= 11 is 0. The molecule has 1 heterocycles. The first kappa shape index (κ1) is 23.8. The zero-order valence-corrected chi connectivity index (χ0v) is 18.4. The lowest BCUT2D eigenvalue weighted by Crippen LogP contribution is -2.36. The second-order valence-corrected chi connectivity index (χ2v) is 8.61. The third-order valence-electron chi connectivity index (χ3n) is 4.05. The third-order valence-corrected chi connectivity index (χ3v) is 5.67. The fraction of sp³-hybridized carbons (Fsp3) is 0.400. The van der Waals surface area contributed by atoms with Crippen molar-refractivity contribution in [2.45, 2.75) is 53.0 Å². The molecule has 0 aliphatic rings. The van der Waals surface area contributed by atoms with Crippen molar-refractivity contribution in [3.8, 4) is 11.5 Å². The number of carbonyl (C=O) groups is 1. The Hall–Kier alpha value is -2.45. The van der Waals surface area contributed by atoms with Crippen LogP contribution in [0, 0.1) is 6.92 Å². The van der Waals surface area contributed by atoms with E-state index in [-0.39, 0.29) is 25.0 Å². The molecule has 30 heavy (non-hydrogen) atoms. The van der Waals surface area contributed by atoms with Crippen LogP contribution in [0.3, 0.4) is 0 Å². The maximum absolute atomic E-state index is 13.4. The molecule has 2 atom stereocenters. The van der Waals surface area contributed by atoms with Gasteiger partial charge < -0.3 is 20.1 Å². The number of pyridine rings is 1. The van der Waals surface area contributed by atoms with Crippen molar-refractivity contribution >= 4 is 13.7 Å². The Morgan fingerprint density at radius 2 is 1.93 bits per heavy atom. The van der Waals surface area contributed by atoms with Gasteiger partial charge in [0.1, 0.15) is 17.5 Å². The number of hydrogen-bond acceptors (Lipinski definition) is 8. The average Bonchev–Trinajstić information content (AvgIpc) is 2.69. The number of para-hydroxylation sites is 1. The molecule has 0 aliphatic heterocycles. The molecule has 0 saturated heterocycles. The van der Waals surface area contributed by atoms with Crippen LogP contribution in [0.15, 0.2) is 36.5 Å². The Kier molecular flexibility index (Phi) is 8.37. The van der Waals surface area contributed by atoms with Crippen molar-refractivity contribution in [1.82, 2.24) is 10.1 Å². The molecule has 2 rings (SSSR count). The fourth-order valence-corrected chi connectivity index (χ4v) is 3.99. The Labute approximate surface area is 176 Å². The number of carbonyl (C=O) groups excluding carboxylic acids is 1. The van der Waals surface area contributed by atoms with Crippen LogP contribution in [0.5, 0.6) is 11.5 Å². The van der Waals surface area contributed by atoms with Gasteiger partial charge in [0.05, 0.1) is 18.4 Å². The van der Waals surface area contributed by atoms with E-state index in [9.17, 15) is 14.5 Å². The minimum atomic E-state index is -4.02. The van der Waals surface area contributed by atoms with Crippen molar-refractivity contribution in [1.29, 1.82) is 0 Å².